The number of rotatable bonds is 5. The molecule has 0 bridgehead atoms. The molecule has 0 fully saturated rings. The summed E-state index contributed by atoms with van der Waals surface area (Å²) in [6, 6.07) is 3.77. The van der Waals surface area contributed by atoms with Crippen LogP contribution in [0.1, 0.15) is 38.2 Å². The van der Waals surface area contributed by atoms with Crippen LogP contribution in [0.25, 0.3) is 0 Å². The highest BCUT2D eigenvalue weighted by Crippen LogP contribution is 2.09. The molecule has 0 aliphatic rings. The standard InChI is InChI=1S/C13H21N3O/c1-9(2)8-15-11-5-6-14-12(7-11)13(17)16-10(3)4/h5-7,9-10H,8H2,1-4H3,(H,14,15)(H,16,17). The Hall–Kier alpha value is -1.58. The van der Waals surface area contributed by atoms with E-state index in [1.807, 2.05) is 19.9 Å². The summed E-state index contributed by atoms with van der Waals surface area (Å²) >= 11 is 0. The van der Waals surface area contributed by atoms with Gasteiger partial charge in [-0.3, -0.25) is 9.78 Å². The molecular weight excluding hydrogens is 214 g/mol. The summed E-state index contributed by atoms with van der Waals surface area (Å²) < 4.78 is 0. The van der Waals surface area contributed by atoms with Gasteiger partial charge in [-0.25, -0.2) is 0 Å². The Bertz CT molecular complexity index is 375. The molecule has 2 N–H and O–H groups in total. The van der Waals surface area contributed by atoms with E-state index in [4.69, 9.17) is 0 Å². The number of carbonyl (C=O) groups excluding carboxylic acids is 1. The van der Waals surface area contributed by atoms with Crippen molar-refractivity contribution in [1.29, 1.82) is 0 Å². The topological polar surface area (TPSA) is 54.0 Å². The Morgan fingerprint density at radius 3 is 2.65 bits per heavy atom. The minimum absolute atomic E-state index is 0.122. The van der Waals surface area contributed by atoms with Gasteiger partial charge in [-0.05, 0) is 31.9 Å². The highest BCUT2D eigenvalue weighted by Gasteiger charge is 2.08. The third-order valence-electron chi connectivity index (χ3n) is 2.13. The number of aromatic nitrogens is 1. The van der Waals surface area contributed by atoms with Gasteiger partial charge in [0.1, 0.15) is 5.69 Å². The smallest absolute Gasteiger partial charge is 0.270 e. The first kappa shape index (κ1) is 13.5. The molecule has 1 rings (SSSR count). The Balaban J connectivity index is 2.68. The van der Waals surface area contributed by atoms with Crippen molar-refractivity contribution in [2.45, 2.75) is 33.7 Å². The largest absolute Gasteiger partial charge is 0.385 e. The van der Waals surface area contributed by atoms with E-state index in [2.05, 4.69) is 29.5 Å². The van der Waals surface area contributed by atoms with Crippen molar-refractivity contribution in [1.82, 2.24) is 10.3 Å². The summed E-state index contributed by atoms with van der Waals surface area (Å²) in [4.78, 5) is 15.8. The molecule has 0 spiro atoms. The summed E-state index contributed by atoms with van der Waals surface area (Å²) in [7, 11) is 0. The second-order valence-corrected chi connectivity index (χ2v) is 4.83. The van der Waals surface area contributed by atoms with E-state index in [0.29, 0.717) is 11.6 Å². The molecule has 0 saturated carbocycles. The van der Waals surface area contributed by atoms with Crippen molar-refractivity contribution in [2.75, 3.05) is 11.9 Å². The van der Waals surface area contributed by atoms with Gasteiger partial charge in [0.25, 0.3) is 5.91 Å². The van der Waals surface area contributed by atoms with Crippen LogP contribution in [0, 0.1) is 5.92 Å². The Morgan fingerprint density at radius 1 is 1.35 bits per heavy atom. The molecule has 1 aromatic heterocycles. The zero-order valence-corrected chi connectivity index (χ0v) is 10.9. The predicted molar refractivity (Wildman–Crippen MR) is 70.2 cm³/mol. The molecule has 4 nitrogen and oxygen atoms in total. The number of carbonyl (C=O) groups is 1. The first-order valence-corrected chi connectivity index (χ1v) is 6.00. The predicted octanol–water partition coefficient (Wildman–Crippen LogP) is 2.29. The van der Waals surface area contributed by atoms with Gasteiger partial charge in [-0.1, -0.05) is 13.8 Å². The number of hydrogen-bond acceptors (Lipinski definition) is 3. The first-order valence-electron chi connectivity index (χ1n) is 6.00. The van der Waals surface area contributed by atoms with E-state index in [-0.39, 0.29) is 11.9 Å². The molecule has 1 amide bonds. The Morgan fingerprint density at radius 2 is 2.06 bits per heavy atom. The van der Waals surface area contributed by atoms with Gasteiger partial charge in [0.2, 0.25) is 0 Å². The summed E-state index contributed by atoms with van der Waals surface area (Å²) in [6.45, 7) is 9.02. The quantitative estimate of drug-likeness (QED) is 0.823. The van der Waals surface area contributed by atoms with Crippen molar-refractivity contribution in [3.63, 3.8) is 0 Å². The number of amides is 1. The van der Waals surface area contributed by atoms with E-state index in [1.165, 1.54) is 0 Å². The Labute approximate surface area is 103 Å². The number of hydrogen-bond donors (Lipinski definition) is 2. The van der Waals surface area contributed by atoms with Crippen molar-refractivity contribution in [3.8, 4) is 0 Å². The average molecular weight is 235 g/mol. The van der Waals surface area contributed by atoms with Gasteiger partial charge < -0.3 is 10.6 Å². The summed E-state index contributed by atoms with van der Waals surface area (Å²) in [5, 5.41) is 6.09. The number of nitrogens with one attached hydrogen (secondary N) is 2. The average Bonchev–Trinajstić information content (AvgIpc) is 2.26. The second-order valence-electron chi connectivity index (χ2n) is 4.83. The summed E-state index contributed by atoms with van der Waals surface area (Å²) in [6.07, 6.45) is 1.65. The van der Waals surface area contributed by atoms with Crippen LogP contribution >= 0.6 is 0 Å². The fourth-order valence-corrected chi connectivity index (χ4v) is 1.32. The molecule has 0 atom stereocenters. The zero-order chi connectivity index (χ0) is 12.8. The lowest BCUT2D eigenvalue weighted by Crippen LogP contribution is -2.30. The maximum Gasteiger partial charge on any atom is 0.270 e. The van der Waals surface area contributed by atoms with Crippen LogP contribution in [0.3, 0.4) is 0 Å². The molecular formula is C13H21N3O. The second kappa shape index (κ2) is 6.23. The minimum Gasteiger partial charge on any atom is -0.385 e. The van der Waals surface area contributed by atoms with Gasteiger partial charge in [0, 0.05) is 24.5 Å². The van der Waals surface area contributed by atoms with E-state index in [9.17, 15) is 4.79 Å². The number of nitrogens with zero attached hydrogens (tertiary/aromatic N) is 1. The summed E-state index contributed by atoms with van der Waals surface area (Å²) in [5.74, 6) is 0.435. The maximum atomic E-state index is 11.7. The fraction of sp³-hybridized carbons (Fsp3) is 0.538. The van der Waals surface area contributed by atoms with Crippen LogP contribution in [-0.2, 0) is 0 Å². The fourth-order valence-electron chi connectivity index (χ4n) is 1.32. The van der Waals surface area contributed by atoms with Crippen LogP contribution < -0.4 is 10.6 Å². The van der Waals surface area contributed by atoms with Crippen LogP contribution in [0.5, 0.6) is 0 Å². The van der Waals surface area contributed by atoms with Gasteiger partial charge in [-0.15, -0.1) is 0 Å². The van der Waals surface area contributed by atoms with E-state index in [1.54, 1.807) is 12.3 Å². The third-order valence-corrected chi connectivity index (χ3v) is 2.13. The maximum absolute atomic E-state index is 11.7. The molecule has 0 aromatic carbocycles. The number of pyridine rings is 1. The van der Waals surface area contributed by atoms with Crippen molar-refractivity contribution in [3.05, 3.63) is 24.0 Å². The molecule has 0 unspecified atom stereocenters. The van der Waals surface area contributed by atoms with E-state index in [0.717, 1.165) is 12.2 Å². The van der Waals surface area contributed by atoms with Gasteiger partial charge in [0.05, 0.1) is 0 Å². The lowest BCUT2D eigenvalue weighted by atomic mass is 10.2. The van der Waals surface area contributed by atoms with Gasteiger partial charge in [0.15, 0.2) is 0 Å². The zero-order valence-electron chi connectivity index (χ0n) is 10.9. The first-order chi connectivity index (χ1) is 7.99. The molecule has 0 radical (unpaired) electrons. The van der Waals surface area contributed by atoms with Gasteiger partial charge >= 0.3 is 0 Å². The van der Waals surface area contributed by atoms with Crippen molar-refractivity contribution in [2.24, 2.45) is 5.92 Å². The van der Waals surface area contributed by atoms with E-state index >= 15 is 0 Å². The van der Waals surface area contributed by atoms with Crippen LogP contribution in [0.4, 0.5) is 5.69 Å². The number of anilines is 1. The van der Waals surface area contributed by atoms with Crippen molar-refractivity contribution < 1.29 is 4.79 Å². The monoisotopic (exact) mass is 235 g/mol. The molecule has 0 aliphatic carbocycles. The highest BCUT2D eigenvalue weighted by atomic mass is 16.1. The van der Waals surface area contributed by atoms with Crippen LogP contribution in [0.2, 0.25) is 0 Å². The van der Waals surface area contributed by atoms with Gasteiger partial charge in [-0.2, -0.15) is 0 Å². The van der Waals surface area contributed by atoms with E-state index < -0.39 is 0 Å². The minimum atomic E-state index is -0.131. The molecule has 94 valence electrons. The molecule has 17 heavy (non-hydrogen) atoms. The third kappa shape index (κ3) is 4.85. The molecule has 0 saturated heterocycles. The van der Waals surface area contributed by atoms with Crippen LogP contribution in [-0.4, -0.2) is 23.5 Å². The molecule has 1 aromatic rings. The van der Waals surface area contributed by atoms with Crippen LogP contribution in [0.15, 0.2) is 18.3 Å². The highest BCUT2D eigenvalue weighted by molar-refractivity contribution is 5.93. The lowest BCUT2D eigenvalue weighted by molar-refractivity contribution is 0.0938. The molecule has 0 aliphatic heterocycles. The summed E-state index contributed by atoms with van der Waals surface area (Å²) in [5.41, 5.74) is 1.38. The molecule has 4 heteroatoms. The van der Waals surface area contributed by atoms with Crippen molar-refractivity contribution >= 4 is 11.6 Å². The Kier molecular flexibility index (Phi) is 4.94. The lowest BCUT2D eigenvalue weighted by Gasteiger charge is -2.11. The normalized spacial score (nSPS) is 10.7. The SMILES string of the molecule is CC(C)CNc1ccnc(C(=O)NC(C)C)c1. The molecule has 1 heterocycles.